The van der Waals surface area contributed by atoms with Crippen molar-refractivity contribution in [3.63, 3.8) is 0 Å². The molecule has 0 aliphatic rings. The van der Waals surface area contributed by atoms with E-state index in [0.717, 1.165) is 0 Å². The number of aliphatic carboxylic acids is 1. The van der Waals surface area contributed by atoms with Crippen LogP contribution in [0.15, 0.2) is 18.2 Å². The van der Waals surface area contributed by atoms with E-state index in [1.165, 1.54) is 6.07 Å². The summed E-state index contributed by atoms with van der Waals surface area (Å²) in [6.45, 7) is 1.84. The first-order valence-electron chi connectivity index (χ1n) is 4.37. The minimum Gasteiger partial charge on any atom is -0.508 e. The summed E-state index contributed by atoms with van der Waals surface area (Å²) in [7, 11) is 0. The van der Waals surface area contributed by atoms with Crippen molar-refractivity contribution >= 4 is 5.97 Å². The van der Waals surface area contributed by atoms with Crippen LogP contribution in [0.2, 0.25) is 0 Å². The van der Waals surface area contributed by atoms with Gasteiger partial charge >= 0.3 is 5.97 Å². The molecule has 14 heavy (non-hydrogen) atoms. The van der Waals surface area contributed by atoms with Crippen molar-refractivity contribution in [2.75, 3.05) is 0 Å². The Labute approximate surface area is 82.0 Å². The van der Waals surface area contributed by atoms with Gasteiger partial charge in [0.1, 0.15) is 11.8 Å². The highest BCUT2D eigenvalue weighted by Crippen LogP contribution is 2.25. The van der Waals surface area contributed by atoms with E-state index in [1.54, 1.807) is 12.1 Å². The Morgan fingerprint density at radius 3 is 2.71 bits per heavy atom. The van der Waals surface area contributed by atoms with E-state index in [1.807, 2.05) is 6.92 Å². The topological polar surface area (TPSA) is 83.5 Å². The fourth-order valence-electron chi connectivity index (χ4n) is 1.40. The summed E-state index contributed by atoms with van der Waals surface area (Å²) in [5, 5.41) is 18.2. The third-order valence-electron chi connectivity index (χ3n) is 2.14. The van der Waals surface area contributed by atoms with E-state index in [9.17, 15) is 9.90 Å². The van der Waals surface area contributed by atoms with Crippen LogP contribution in [0.1, 0.15) is 24.1 Å². The van der Waals surface area contributed by atoms with Gasteiger partial charge in [-0.3, -0.25) is 4.79 Å². The monoisotopic (exact) mass is 195 g/mol. The highest BCUT2D eigenvalue weighted by Gasteiger charge is 2.18. The Kier molecular flexibility index (Phi) is 3.09. The molecule has 4 nitrogen and oxygen atoms in total. The summed E-state index contributed by atoms with van der Waals surface area (Å²) in [5.41, 5.74) is 6.54. The molecule has 4 N–H and O–H groups in total. The third kappa shape index (κ3) is 1.85. The van der Waals surface area contributed by atoms with Gasteiger partial charge in [-0.1, -0.05) is 19.1 Å². The second-order valence-corrected chi connectivity index (χ2v) is 3.01. The first-order valence-corrected chi connectivity index (χ1v) is 4.37. The molecule has 0 aromatic heterocycles. The maximum atomic E-state index is 10.7. The lowest BCUT2D eigenvalue weighted by atomic mass is 9.98. The van der Waals surface area contributed by atoms with Gasteiger partial charge in [0.05, 0.1) is 0 Å². The average Bonchev–Trinajstić information content (AvgIpc) is 2.16. The standard InChI is InChI=1S/C10H13NO3/c1-2-6-7(9(11)10(13)14)4-3-5-8(6)12/h3-5,9,12H,2,11H2,1H3,(H,13,14). The summed E-state index contributed by atoms with van der Waals surface area (Å²) < 4.78 is 0. The number of rotatable bonds is 3. The van der Waals surface area contributed by atoms with Crippen molar-refractivity contribution in [2.24, 2.45) is 5.73 Å². The lowest BCUT2D eigenvalue weighted by Gasteiger charge is -2.12. The molecule has 1 rings (SSSR count). The highest BCUT2D eigenvalue weighted by molar-refractivity contribution is 5.76. The summed E-state index contributed by atoms with van der Waals surface area (Å²) in [5.74, 6) is -0.994. The number of hydrogen-bond acceptors (Lipinski definition) is 3. The van der Waals surface area contributed by atoms with E-state index in [2.05, 4.69) is 0 Å². The Morgan fingerprint density at radius 2 is 2.21 bits per heavy atom. The van der Waals surface area contributed by atoms with Crippen LogP contribution in [0.3, 0.4) is 0 Å². The van der Waals surface area contributed by atoms with E-state index < -0.39 is 12.0 Å². The molecule has 1 unspecified atom stereocenters. The van der Waals surface area contributed by atoms with E-state index in [4.69, 9.17) is 10.8 Å². The van der Waals surface area contributed by atoms with Crippen molar-refractivity contribution in [1.29, 1.82) is 0 Å². The molecule has 1 aromatic carbocycles. The number of carboxylic acid groups (broad SMARTS) is 1. The van der Waals surface area contributed by atoms with Crippen molar-refractivity contribution in [3.8, 4) is 5.75 Å². The van der Waals surface area contributed by atoms with Crippen molar-refractivity contribution in [3.05, 3.63) is 29.3 Å². The normalized spacial score (nSPS) is 12.4. The molecular formula is C10H13NO3. The Balaban J connectivity index is 3.20. The lowest BCUT2D eigenvalue weighted by Crippen LogP contribution is -2.21. The molecule has 0 amide bonds. The molecule has 0 radical (unpaired) electrons. The minimum atomic E-state index is -1.09. The maximum absolute atomic E-state index is 10.7. The van der Waals surface area contributed by atoms with Gasteiger partial charge in [0.15, 0.2) is 0 Å². The van der Waals surface area contributed by atoms with Crippen LogP contribution in [-0.4, -0.2) is 16.2 Å². The zero-order valence-corrected chi connectivity index (χ0v) is 7.90. The van der Waals surface area contributed by atoms with Crippen LogP contribution in [0, 0.1) is 0 Å². The summed E-state index contributed by atoms with van der Waals surface area (Å²) in [6, 6.07) is 3.66. The molecular weight excluding hydrogens is 182 g/mol. The molecule has 0 saturated carbocycles. The molecule has 0 bridgehead atoms. The van der Waals surface area contributed by atoms with Gasteiger partial charge in [0, 0.05) is 0 Å². The Bertz CT molecular complexity index is 349. The lowest BCUT2D eigenvalue weighted by molar-refractivity contribution is -0.138. The predicted octanol–water partition coefficient (Wildman–Crippen LogP) is 1.04. The van der Waals surface area contributed by atoms with Gasteiger partial charge in [0.2, 0.25) is 0 Å². The van der Waals surface area contributed by atoms with Crippen LogP contribution in [0.25, 0.3) is 0 Å². The molecule has 0 saturated heterocycles. The van der Waals surface area contributed by atoms with Crippen molar-refractivity contribution in [2.45, 2.75) is 19.4 Å². The third-order valence-corrected chi connectivity index (χ3v) is 2.14. The summed E-state index contributed by atoms with van der Waals surface area (Å²) in [4.78, 5) is 10.7. The maximum Gasteiger partial charge on any atom is 0.325 e. The van der Waals surface area contributed by atoms with E-state index >= 15 is 0 Å². The molecule has 0 aliphatic heterocycles. The van der Waals surface area contributed by atoms with E-state index in [0.29, 0.717) is 17.5 Å². The van der Waals surface area contributed by atoms with Crippen LogP contribution in [0.5, 0.6) is 5.75 Å². The molecule has 0 fully saturated rings. The summed E-state index contributed by atoms with van der Waals surface area (Å²) >= 11 is 0. The van der Waals surface area contributed by atoms with Crippen molar-refractivity contribution < 1.29 is 15.0 Å². The van der Waals surface area contributed by atoms with Gasteiger partial charge in [-0.15, -0.1) is 0 Å². The second-order valence-electron chi connectivity index (χ2n) is 3.01. The molecule has 76 valence electrons. The molecule has 4 heteroatoms. The number of hydrogen-bond donors (Lipinski definition) is 3. The van der Waals surface area contributed by atoms with Crippen LogP contribution >= 0.6 is 0 Å². The quantitative estimate of drug-likeness (QED) is 0.672. The number of nitrogens with two attached hydrogens (primary N) is 1. The van der Waals surface area contributed by atoms with E-state index in [-0.39, 0.29) is 5.75 Å². The van der Waals surface area contributed by atoms with Crippen LogP contribution in [0.4, 0.5) is 0 Å². The van der Waals surface area contributed by atoms with Gasteiger partial charge in [0.25, 0.3) is 0 Å². The average molecular weight is 195 g/mol. The molecule has 1 aromatic rings. The van der Waals surface area contributed by atoms with Crippen molar-refractivity contribution in [1.82, 2.24) is 0 Å². The smallest absolute Gasteiger partial charge is 0.325 e. The van der Waals surface area contributed by atoms with Gasteiger partial charge in [-0.2, -0.15) is 0 Å². The Morgan fingerprint density at radius 1 is 1.57 bits per heavy atom. The Hall–Kier alpha value is -1.55. The number of carboxylic acids is 1. The molecule has 0 spiro atoms. The fraction of sp³-hybridized carbons (Fsp3) is 0.300. The largest absolute Gasteiger partial charge is 0.508 e. The minimum absolute atomic E-state index is 0.0988. The molecule has 0 heterocycles. The second kappa shape index (κ2) is 4.11. The number of phenols is 1. The predicted molar refractivity (Wildman–Crippen MR) is 52.0 cm³/mol. The first kappa shape index (κ1) is 10.5. The van der Waals surface area contributed by atoms with Gasteiger partial charge < -0.3 is 15.9 Å². The van der Waals surface area contributed by atoms with Crippen LogP contribution in [-0.2, 0) is 11.2 Å². The number of carbonyl (C=O) groups is 1. The van der Waals surface area contributed by atoms with Crippen LogP contribution < -0.4 is 5.73 Å². The highest BCUT2D eigenvalue weighted by atomic mass is 16.4. The zero-order chi connectivity index (χ0) is 10.7. The first-order chi connectivity index (χ1) is 6.57. The summed E-state index contributed by atoms with van der Waals surface area (Å²) in [6.07, 6.45) is 0.559. The number of phenolic OH excluding ortho intramolecular Hbond substituents is 1. The number of benzene rings is 1. The number of aromatic hydroxyl groups is 1. The fourth-order valence-corrected chi connectivity index (χ4v) is 1.40. The SMILES string of the molecule is CCc1c(O)cccc1C(N)C(=O)O. The zero-order valence-electron chi connectivity index (χ0n) is 7.90. The molecule has 0 aliphatic carbocycles. The van der Waals surface area contributed by atoms with Gasteiger partial charge in [-0.25, -0.2) is 0 Å². The molecule has 1 atom stereocenters. The van der Waals surface area contributed by atoms with Gasteiger partial charge in [-0.05, 0) is 23.6 Å².